The van der Waals surface area contributed by atoms with Crippen molar-refractivity contribution in [3.63, 3.8) is 0 Å². The van der Waals surface area contributed by atoms with Gasteiger partial charge in [0.1, 0.15) is 0 Å². The van der Waals surface area contributed by atoms with Gasteiger partial charge < -0.3 is 19.5 Å². The molecule has 0 spiro atoms. The molecule has 1 amide bonds. The van der Waals surface area contributed by atoms with Gasteiger partial charge in [-0.25, -0.2) is 8.42 Å². The number of benzene rings is 3. The summed E-state index contributed by atoms with van der Waals surface area (Å²) in [5.74, 6) is 0.488. The standard InChI is InChI=1S/C25H28N2O6S/c1-27(34(29,30)22-13-14-23(31-2)24(17-22)32-3)21-11-9-20(10-12-21)25(28)26-15-16-33-18-19-7-5-4-6-8-19/h4-14,17H,15-16,18H2,1-3H3,(H,26,28). The van der Waals surface area contributed by atoms with Gasteiger partial charge in [0.05, 0.1) is 38.0 Å². The third-order valence-electron chi connectivity index (χ3n) is 5.15. The second kappa shape index (κ2) is 11.5. The smallest absolute Gasteiger partial charge is 0.264 e. The van der Waals surface area contributed by atoms with Crippen LogP contribution in [0.15, 0.2) is 77.7 Å². The molecule has 0 saturated heterocycles. The fourth-order valence-corrected chi connectivity index (χ4v) is 4.41. The first-order valence-corrected chi connectivity index (χ1v) is 12.0. The molecule has 0 aliphatic rings. The molecule has 0 fully saturated rings. The van der Waals surface area contributed by atoms with Gasteiger partial charge in [-0.3, -0.25) is 9.10 Å². The van der Waals surface area contributed by atoms with E-state index in [1.165, 1.54) is 39.5 Å². The second-order valence-corrected chi connectivity index (χ2v) is 9.30. The Morgan fingerprint density at radius 1 is 0.912 bits per heavy atom. The second-order valence-electron chi connectivity index (χ2n) is 7.33. The van der Waals surface area contributed by atoms with Crippen LogP contribution in [0.4, 0.5) is 5.69 Å². The lowest BCUT2D eigenvalue weighted by Gasteiger charge is -2.20. The summed E-state index contributed by atoms with van der Waals surface area (Å²) < 4.78 is 43.2. The Bertz CT molecular complexity index is 1200. The van der Waals surface area contributed by atoms with E-state index in [0.29, 0.717) is 42.5 Å². The van der Waals surface area contributed by atoms with Crippen molar-refractivity contribution in [3.05, 3.63) is 83.9 Å². The van der Waals surface area contributed by atoms with E-state index < -0.39 is 10.0 Å². The van der Waals surface area contributed by atoms with Crippen molar-refractivity contribution in [2.45, 2.75) is 11.5 Å². The Morgan fingerprint density at radius 2 is 1.59 bits per heavy atom. The minimum atomic E-state index is -3.85. The highest BCUT2D eigenvalue weighted by atomic mass is 32.2. The van der Waals surface area contributed by atoms with Gasteiger partial charge in [0.15, 0.2) is 11.5 Å². The Kier molecular flexibility index (Phi) is 8.50. The molecular weight excluding hydrogens is 456 g/mol. The van der Waals surface area contributed by atoms with Gasteiger partial charge >= 0.3 is 0 Å². The van der Waals surface area contributed by atoms with Crippen molar-refractivity contribution in [2.75, 3.05) is 38.7 Å². The number of rotatable bonds is 11. The van der Waals surface area contributed by atoms with E-state index in [4.69, 9.17) is 14.2 Å². The first-order valence-electron chi connectivity index (χ1n) is 10.6. The van der Waals surface area contributed by atoms with Crippen LogP contribution in [-0.4, -0.2) is 48.7 Å². The van der Waals surface area contributed by atoms with Gasteiger partial charge in [-0.05, 0) is 42.0 Å². The van der Waals surface area contributed by atoms with Crippen LogP contribution in [0.25, 0.3) is 0 Å². The van der Waals surface area contributed by atoms with E-state index in [9.17, 15) is 13.2 Å². The number of carbonyl (C=O) groups is 1. The average Bonchev–Trinajstić information content (AvgIpc) is 2.88. The zero-order valence-corrected chi connectivity index (χ0v) is 20.2. The average molecular weight is 485 g/mol. The summed E-state index contributed by atoms with van der Waals surface area (Å²) >= 11 is 0. The van der Waals surface area contributed by atoms with Crippen molar-refractivity contribution >= 4 is 21.6 Å². The van der Waals surface area contributed by atoms with E-state index in [0.717, 1.165) is 9.87 Å². The lowest BCUT2D eigenvalue weighted by molar-refractivity contribution is 0.0901. The SMILES string of the molecule is COc1ccc(S(=O)(=O)N(C)c2ccc(C(=O)NCCOCc3ccccc3)cc2)cc1OC. The number of hydrogen-bond acceptors (Lipinski definition) is 6. The summed E-state index contributed by atoms with van der Waals surface area (Å²) in [4.78, 5) is 12.4. The summed E-state index contributed by atoms with van der Waals surface area (Å²) in [7, 11) is 0.526. The lowest BCUT2D eigenvalue weighted by Crippen LogP contribution is -2.28. The zero-order chi connectivity index (χ0) is 24.6. The molecule has 0 aliphatic carbocycles. The number of sulfonamides is 1. The third-order valence-corrected chi connectivity index (χ3v) is 6.93. The van der Waals surface area contributed by atoms with Crippen LogP contribution in [0.2, 0.25) is 0 Å². The summed E-state index contributed by atoms with van der Waals surface area (Å²) in [6.45, 7) is 1.22. The largest absolute Gasteiger partial charge is 0.493 e. The highest BCUT2D eigenvalue weighted by Gasteiger charge is 2.23. The Labute approximate surface area is 200 Å². The number of carbonyl (C=O) groups excluding carboxylic acids is 1. The van der Waals surface area contributed by atoms with Gasteiger partial charge in [0.25, 0.3) is 15.9 Å². The first kappa shape index (κ1) is 25.1. The monoisotopic (exact) mass is 484 g/mol. The number of hydrogen-bond donors (Lipinski definition) is 1. The molecule has 3 aromatic rings. The fraction of sp³-hybridized carbons (Fsp3) is 0.240. The number of anilines is 1. The number of ether oxygens (including phenoxy) is 3. The van der Waals surface area contributed by atoms with Gasteiger partial charge in [-0.2, -0.15) is 0 Å². The minimum Gasteiger partial charge on any atom is -0.493 e. The van der Waals surface area contributed by atoms with Crippen LogP contribution in [-0.2, 0) is 21.4 Å². The predicted octanol–water partition coefficient (Wildman–Crippen LogP) is 3.48. The van der Waals surface area contributed by atoms with Crippen LogP contribution in [0, 0.1) is 0 Å². The predicted molar refractivity (Wildman–Crippen MR) is 130 cm³/mol. The molecule has 34 heavy (non-hydrogen) atoms. The summed E-state index contributed by atoms with van der Waals surface area (Å²) in [5.41, 5.74) is 1.90. The first-order chi connectivity index (χ1) is 16.4. The number of nitrogens with zero attached hydrogens (tertiary/aromatic N) is 1. The van der Waals surface area contributed by atoms with Gasteiger partial charge in [0.2, 0.25) is 0 Å². The summed E-state index contributed by atoms with van der Waals surface area (Å²) in [6, 6.07) is 20.5. The summed E-state index contributed by atoms with van der Waals surface area (Å²) in [6.07, 6.45) is 0. The molecule has 180 valence electrons. The number of nitrogens with one attached hydrogen (secondary N) is 1. The molecule has 0 atom stereocenters. The van der Waals surface area contributed by atoms with Crippen LogP contribution in [0.5, 0.6) is 11.5 Å². The topological polar surface area (TPSA) is 94.2 Å². The lowest BCUT2D eigenvalue weighted by atomic mass is 10.2. The van der Waals surface area contributed by atoms with Crippen molar-refractivity contribution in [2.24, 2.45) is 0 Å². The van der Waals surface area contributed by atoms with E-state index in [1.54, 1.807) is 24.3 Å². The molecule has 0 heterocycles. The number of amides is 1. The molecule has 0 bridgehead atoms. The van der Waals surface area contributed by atoms with E-state index in [1.807, 2.05) is 30.3 Å². The van der Waals surface area contributed by atoms with Crippen molar-refractivity contribution in [3.8, 4) is 11.5 Å². The Hall–Kier alpha value is -3.56. The molecule has 8 nitrogen and oxygen atoms in total. The molecular formula is C25H28N2O6S. The fourth-order valence-electron chi connectivity index (χ4n) is 3.20. The van der Waals surface area contributed by atoms with E-state index >= 15 is 0 Å². The quantitative estimate of drug-likeness (QED) is 0.419. The maximum atomic E-state index is 13.1. The number of methoxy groups -OCH3 is 2. The highest BCUT2D eigenvalue weighted by Crippen LogP contribution is 2.31. The molecule has 0 unspecified atom stereocenters. The molecule has 1 N–H and O–H groups in total. The van der Waals surface area contributed by atoms with Crippen molar-refractivity contribution in [1.29, 1.82) is 0 Å². The zero-order valence-electron chi connectivity index (χ0n) is 19.4. The summed E-state index contributed by atoms with van der Waals surface area (Å²) in [5, 5.41) is 2.79. The van der Waals surface area contributed by atoms with Crippen molar-refractivity contribution in [1.82, 2.24) is 5.32 Å². The molecule has 0 saturated carbocycles. The van der Waals surface area contributed by atoms with Gasteiger partial charge in [0, 0.05) is 25.2 Å². The van der Waals surface area contributed by atoms with Gasteiger partial charge in [-0.1, -0.05) is 30.3 Å². The maximum absolute atomic E-state index is 13.1. The van der Waals surface area contributed by atoms with Crippen LogP contribution < -0.4 is 19.1 Å². The highest BCUT2D eigenvalue weighted by molar-refractivity contribution is 7.92. The van der Waals surface area contributed by atoms with Gasteiger partial charge in [-0.15, -0.1) is 0 Å². The molecule has 3 aromatic carbocycles. The van der Waals surface area contributed by atoms with Crippen molar-refractivity contribution < 1.29 is 27.4 Å². The van der Waals surface area contributed by atoms with Crippen LogP contribution in [0.3, 0.4) is 0 Å². The Morgan fingerprint density at radius 3 is 2.24 bits per heavy atom. The molecule has 3 rings (SSSR count). The molecule has 9 heteroatoms. The van der Waals surface area contributed by atoms with Crippen LogP contribution >= 0.6 is 0 Å². The molecule has 0 aliphatic heterocycles. The Balaban J connectivity index is 1.58. The van der Waals surface area contributed by atoms with E-state index in [2.05, 4.69) is 5.32 Å². The third kappa shape index (κ3) is 6.06. The molecule has 0 radical (unpaired) electrons. The van der Waals surface area contributed by atoms with Crippen LogP contribution in [0.1, 0.15) is 15.9 Å². The van der Waals surface area contributed by atoms with E-state index in [-0.39, 0.29) is 10.8 Å². The maximum Gasteiger partial charge on any atom is 0.264 e. The molecule has 0 aromatic heterocycles. The normalized spacial score (nSPS) is 11.0. The minimum absolute atomic E-state index is 0.0602.